The number of aromatic nitrogens is 2. The fraction of sp³-hybridized carbons (Fsp3) is 0.200. The number of hydrogen-bond donors (Lipinski definition) is 2. The first-order valence-electron chi connectivity index (χ1n) is 6.52. The van der Waals surface area contributed by atoms with Crippen molar-refractivity contribution in [2.45, 2.75) is 20.8 Å². The van der Waals surface area contributed by atoms with E-state index in [0.717, 1.165) is 21.3 Å². The highest BCUT2D eigenvalue weighted by atomic mass is 32.1. The summed E-state index contributed by atoms with van der Waals surface area (Å²) in [6.07, 6.45) is 0. The van der Waals surface area contributed by atoms with E-state index in [2.05, 4.69) is 15.4 Å². The van der Waals surface area contributed by atoms with Crippen molar-refractivity contribution in [1.82, 2.24) is 9.97 Å². The van der Waals surface area contributed by atoms with E-state index in [1.54, 1.807) is 30.4 Å². The molecule has 0 amide bonds. The van der Waals surface area contributed by atoms with Crippen molar-refractivity contribution < 1.29 is 4.39 Å². The van der Waals surface area contributed by atoms with Crippen LogP contribution in [0.3, 0.4) is 0 Å². The highest BCUT2D eigenvalue weighted by molar-refractivity contribution is 7.18. The van der Waals surface area contributed by atoms with Crippen LogP contribution >= 0.6 is 11.3 Å². The first-order valence-corrected chi connectivity index (χ1v) is 7.33. The molecule has 2 aromatic heterocycles. The van der Waals surface area contributed by atoms with Crippen LogP contribution in [0.5, 0.6) is 0 Å². The number of benzene rings is 1. The topological polar surface area (TPSA) is 63.8 Å². The third-order valence-corrected chi connectivity index (χ3v) is 4.68. The van der Waals surface area contributed by atoms with Gasteiger partial charge in [0.25, 0.3) is 0 Å². The van der Waals surface area contributed by atoms with Crippen molar-refractivity contribution in [3.05, 3.63) is 40.0 Å². The number of nitrogens with zero attached hydrogens (tertiary/aromatic N) is 2. The minimum atomic E-state index is -0.236. The van der Waals surface area contributed by atoms with Crippen LogP contribution < -0.4 is 11.3 Å². The molecule has 3 rings (SSSR count). The van der Waals surface area contributed by atoms with Gasteiger partial charge in [0.2, 0.25) is 0 Å². The minimum absolute atomic E-state index is 0.236. The summed E-state index contributed by atoms with van der Waals surface area (Å²) in [6.45, 7) is 5.79. The fourth-order valence-corrected chi connectivity index (χ4v) is 3.30. The second-order valence-electron chi connectivity index (χ2n) is 4.97. The van der Waals surface area contributed by atoms with Crippen molar-refractivity contribution >= 4 is 27.4 Å². The van der Waals surface area contributed by atoms with Crippen LogP contribution in [-0.4, -0.2) is 9.97 Å². The molecule has 2 heterocycles. The summed E-state index contributed by atoms with van der Waals surface area (Å²) >= 11 is 1.60. The highest BCUT2D eigenvalue weighted by Gasteiger charge is 2.15. The van der Waals surface area contributed by atoms with Gasteiger partial charge in [-0.15, -0.1) is 11.3 Å². The fourth-order valence-electron chi connectivity index (χ4n) is 2.27. The average molecular weight is 302 g/mol. The molecule has 0 aliphatic heterocycles. The Bertz CT molecular complexity index is 841. The molecule has 4 nitrogen and oxygen atoms in total. The maximum absolute atomic E-state index is 13.4. The average Bonchev–Trinajstić information content (AvgIpc) is 2.76. The van der Waals surface area contributed by atoms with E-state index in [1.807, 2.05) is 13.8 Å². The summed E-state index contributed by atoms with van der Waals surface area (Å²) in [5, 5.41) is 0.947. The number of halogens is 1. The van der Waals surface area contributed by atoms with Gasteiger partial charge in [-0.2, -0.15) is 0 Å². The van der Waals surface area contributed by atoms with E-state index in [0.29, 0.717) is 17.2 Å². The number of hydrazine groups is 1. The molecule has 3 N–H and O–H groups in total. The molecule has 0 bridgehead atoms. The monoisotopic (exact) mass is 302 g/mol. The lowest BCUT2D eigenvalue weighted by atomic mass is 10.1. The molecule has 0 radical (unpaired) electrons. The zero-order valence-electron chi connectivity index (χ0n) is 12.0. The SMILES string of the molecule is Cc1cc(-c2nc(NN)c3c(C)c(C)sc3n2)ccc1F. The summed E-state index contributed by atoms with van der Waals surface area (Å²) in [5.74, 6) is 6.50. The molecule has 0 aliphatic carbocycles. The number of hydrogen-bond acceptors (Lipinski definition) is 5. The van der Waals surface area contributed by atoms with Crippen LogP contribution in [0, 0.1) is 26.6 Å². The molecule has 21 heavy (non-hydrogen) atoms. The van der Waals surface area contributed by atoms with E-state index >= 15 is 0 Å². The Morgan fingerprint density at radius 1 is 1.19 bits per heavy atom. The van der Waals surface area contributed by atoms with E-state index in [4.69, 9.17) is 5.84 Å². The van der Waals surface area contributed by atoms with Crippen LogP contribution in [0.4, 0.5) is 10.2 Å². The number of nitrogens with one attached hydrogen (secondary N) is 1. The molecule has 0 atom stereocenters. The molecule has 1 aromatic carbocycles. The van der Waals surface area contributed by atoms with Crippen LogP contribution in [0.15, 0.2) is 18.2 Å². The Morgan fingerprint density at radius 2 is 1.95 bits per heavy atom. The summed E-state index contributed by atoms with van der Waals surface area (Å²) in [4.78, 5) is 11.1. The second-order valence-corrected chi connectivity index (χ2v) is 6.17. The van der Waals surface area contributed by atoms with Gasteiger partial charge < -0.3 is 5.43 Å². The van der Waals surface area contributed by atoms with Gasteiger partial charge in [0, 0.05) is 10.4 Å². The lowest BCUT2D eigenvalue weighted by Gasteiger charge is -2.07. The Kier molecular flexibility index (Phi) is 3.35. The van der Waals surface area contributed by atoms with Crippen LogP contribution in [0.25, 0.3) is 21.6 Å². The maximum Gasteiger partial charge on any atom is 0.163 e. The predicted octanol–water partition coefficient (Wildman–Crippen LogP) is 3.71. The molecule has 0 aliphatic rings. The normalized spacial score (nSPS) is 11.1. The predicted molar refractivity (Wildman–Crippen MR) is 84.8 cm³/mol. The minimum Gasteiger partial charge on any atom is -0.308 e. The molecule has 3 aromatic rings. The second kappa shape index (κ2) is 5.05. The van der Waals surface area contributed by atoms with Crippen LogP contribution in [0.2, 0.25) is 0 Å². The van der Waals surface area contributed by atoms with Gasteiger partial charge in [0.1, 0.15) is 10.6 Å². The first kappa shape index (κ1) is 13.9. The van der Waals surface area contributed by atoms with Gasteiger partial charge >= 0.3 is 0 Å². The first-order chi connectivity index (χ1) is 10.0. The molecule has 0 saturated carbocycles. The smallest absolute Gasteiger partial charge is 0.163 e. The molecule has 0 fully saturated rings. The Balaban J connectivity index is 2.26. The van der Waals surface area contributed by atoms with Crippen LogP contribution in [0.1, 0.15) is 16.0 Å². The van der Waals surface area contributed by atoms with E-state index < -0.39 is 0 Å². The van der Waals surface area contributed by atoms with Gasteiger partial charge in [0.15, 0.2) is 11.6 Å². The largest absolute Gasteiger partial charge is 0.308 e. The summed E-state index contributed by atoms with van der Waals surface area (Å²) < 4.78 is 13.4. The lowest BCUT2D eigenvalue weighted by molar-refractivity contribution is 0.618. The maximum atomic E-state index is 13.4. The number of nitrogens with two attached hydrogens (primary N) is 1. The highest BCUT2D eigenvalue weighted by Crippen LogP contribution is 2.34. The third-order valence-electron chi connectivity index (χ3n) is 3.58. The molecular weight excluding hydrogens is 287 g/mol. The number of aryl methyl sites for hydroxylation is 3. The summed E-state index contributed by atoms with van der Waals surface area (Å²) in [6, 6.07) is 4.85. The van der Waals surface area contributed by atoms with Crippen molar-refractivity contribution in [2.75, 3.05) is 5.43 Å². The molecule has 0 spiro atoms. The Hall–Kier alpha value is -2.05. The molecular formula is C15H15FN4S. The van der Waals surface area contributed by atoms with Crippen LogP contribution in [-0.2, 0) is 0 Å². The van der Waals surface area contributed by atoms with Gasteiger partial charge in [-0.05, 0) is 50.1 Å². The van der Waals surface area contributed by atoms with Gasteiger partial charge in [-0.3, -0.25) is 0 Å². The van der Waals surface area contributed by atoms with Crippen molar-refractivity contribution in [3.8, 4) is 11.4 Å². The molecule has 6 heteroatoms. The standard InChI is InChI=1S/C15H15FN4S/c1-7-6-10(4-5-11(7)16)13-18-14(20-17)12-8(2)9(3)21-15(12)19-13/h4-6H,17H2,1-3H3,(H,18,19,20). The van der Waals surface area contributed by atoms with Crippen molar-refractivity contribution in [3.63, 3.8) is 0 Å². The number of anilines is 1. The molecule has 0 unspecified atom stereocenters. The van der Waals surface area contributed by atoms with Gasteiger partial charge in [-0.1, -0.05) is 0 Å². The van der Waals surface area contributed by atoms with Gasteiger partial charge in [0.05, 0.1) is 5.39 Å². The van der Waals surface area contributed by atoms with E-state index in [-0.39, 0.29) is 5.82 Å². The molecule has 0 saturated heterocycles. The van der Waals surface area contributed by atoms with E-state index in [9.17, 15) is 4.39 Å². The third kappa shape index (κ3) is 2.26. The zero-order valence-corrected chi connectivity index (χ0v) is 12.8. The summed E-state index contributed by atoms with van der Waals surface area (Å²) in [5.41, 5.74) is 5.11. The number of thiophene rings is 1. The van der Waals surface area contributed by atoms with Crippen molar-refractivity contribution in [2.24, 2.45) is 5.84 Å². The molecule has 108 valence electrons. The lowest BCUT2D eigenvalue weighted by Crippen LogP contribution is -2.10. The zero-order chi connectivity index (χ0) is 15.1. The van der Waals surface area contributed by atoms with E-state index in [1.165, 1.54) is 10.9 Å². The van der Waals surface area contributed by atoms with Gasteiger partial charge in [-0.25, -0.2) is 20.2 Å². The van der Waals surface area contributed by atoms with Crippen molar-refractivity contribution in [1.29, 1.82) is 0 Å². The summed E-state index contributed by atoms with van der Waals surface area (Å²) in [7, 11) is 0. The number of rotatable bonds is 2. The number of nitrogen functional groups attached to an aromatic ring is 1. The Labute approximate surface area is 125 Å². The quantitative estimate of drug-likeness (QED) is 0.559. The Morgan fingerprint density at radius 3 is 2.62 bits per heavy atom. The number of fused-ring (bicyclic) bond motifs is 1.